The Morgan fingerprint density at radius 2 is 0.975 bits per heavy atom. The number of nitrogens with one attached hydrogen (secondary N) is 4. The molecule has 4 N–H and O–H groups in total. The first kappa shape index (κ1) is 30.8. The quantitative estimate of drug-likeness (QED) is 0.244. The molecule has 0 fully saturated rings. The fourth-order valence-corrected chi connectivity index (χ4v) is 12.8. The van der Waals surface area contributed by atoms with E-state index in [0.717, 1.165) is 20.1 Å². The second-order valence-corrected chi connectivity index (χ2v) is 19.0. The SMILES string of the molecule is CC1(C)C=C(CNC(=O)c2ccccc2[Se][Se]c2ccccc2C(=O)NCC2=CC(C)(C)NC2(C)C)C(C)(C)N1. The van der Waals surface area contributed by atoms with E-state index in [1.54, 1.807) is 0 Å². The van der Waals surface area contributed by atoms with Crippen LogP contribution in [0.4, 0.5) is 0 Å². The summed E-state index contributed by atoms with van der Waals surface area (Å²) in [5, 5.41) is 13.5. The first-order chi connectivity index (χ1) is 18.6. The van der Waals surface area contributed by atoms with Crippen LogP contribution < -0.4 is 30.2 Å². The van der Waals surface area contributed by atoms with Gasteiger partial charge in [0.2, 0.25) is 0 Å². The van der Waals surface area contributed by atoms with Crippen molar-refractivity contribution in [2.45, 2.75) is 77.5 Å². The number of carbonyl (C=O) groups is 2. The van der Waals surface area contributed by atoms with Gasteiger partial charge in [-0.05, 0) is 0 Å². The third kappa shape index (κ3) is 7.36. The van der Waals surface area contributed by atoms with Crippen LogP contribution in [0.5, 0.6) is 0 Å². The van der Waals surface area contributed by atoms with E-state index in [2.05, 4.69) is 88.8 Å². The van der Waals surface area contributed by atoms with E-state index in [0.29, 0.717) is 13.1 Å². The van der Waals surface area contributed by atoms with E-state index in [1.807, 2.05) is 48.5 Å². The predicted octanol–water partition coefficient (Wildman–Crippen LogP) is 2.59. The van der Waals surface area contributed by atoms with Crippen molar-refractivity contribution in [2.75, 3.05) is 13.1 Å². The molecule has 0 unspecified atom stereocenters. The summed E-state index contributed by atoms with van der Waals surface area (Å²) in [5.41, 5.74) is 3.31. The van der Waals surface area contributed by atoms with Crippen LogP contribution in [0.2, 0.25) is 0 Å². The maximum atomic E-state index is 13.3. The molecule has 2 aliphatic heterocycles. The normalized spacial score (nSPS) is 20.0. The summed E-state index contributed by atoms with van der Waals surface area (Å²) in [6.07, 6.45) is 4.44. The Morgan fingerprint density at radius 1 is 0.625 bits per heavy atom. The fraction of sp³-hybridized carbons (Fsp3) is 0.438. The van der Waals surface area contributed by atoms with E-state index in [-0.39, 0.29) is 60.2 Å². The Labute approximate surface area is 250 Å². The van der Waals surface area contributed by atoms with Crippen molar-refractivity contribution in [3.8, 4) is 0 Å². The molecule has 2 aliphatic rings. The molecule has 214 valence electrons. The number of hydrogen-bond acceptors (Lipinski definition) is 4. The molecule has 0 aromatic heterocycles. The van der Waals surface area contributed by atoms with Crippen molar-refractivity contribution in [1.82, 2.24) is 21.3 Å². The van der Waals surface area contributed by atoms with Crippen LogP contribution in [0.15, 0.2) is 71.8 Å². The summed E-state index contributed by atoms with van der Waals surface area (Å²) < 4.78 is 2.12. The maximum absolute atomic E-state index is 13.3. The molecule has 0 radical (unpaired) electrons. The van der Waals surface area contributed by atoms with E-state index in [9.17, 15) is 9.59 Å². The Morgan fingerprint density at radius 3 is 1.30 bits per heavy atom. The van der Waals surface area contributed by atoms with Crippen molar-refractivity contribution in [3.63, 3.8) is 0 Å². The molecule has 6 nitrogen and oxygen atoms in total. The third-order valence-corrected chi connectivity index (χ3v) is 14.6. The standard InChI is InChI=1S/C32H42N4O2Se2/c1-29(2)17-21(31(5,6)35-29)19-33-27(37)23-13-9-11-15-25(23)39-40-26-16-12-10-14-24(26)28(38)34-20-22-18-30(3,4)36-32(22,7)8/h9-18,35-36H,19-20H2,1-8H3,(H,33,37)(H,34,38). The zero-order valence-electron chi connectivity index (χ0n) is 24.8. The van der Waals surface area contributed by atoms with E-state index >= 15 is 0 Å². The molecule has 0 saturated heterocycles. The van der Waals surface area contributed by atoms with Crippen LogP contribution in [0.3, 0.4) is 0 Å². The van der Waals surface area contributed by atoms with Crippen molar-refractivity contribution < 1.29 is 9.59 Å². The van der Waals surface area contributed by atoms with E-state index in [1.165, 1.54) is 11.1 Å². The molecular weight excluding hydrogens is 630 g/mol. The zero-order chi connectivity index (χ0) is 29.3. The van der Waals surface area contributed by atoms with E-state index in [4.69, 9.17) is 0 Å². The van der Waals surface area contributed by atoms with Crippen LogP contribution >= 0.6 is 0 Å². The van der Waals surface area contributed by atoms with Gasteiger partial charge >= 0.3 is 251 Å². The second-order valence-electron chi connectivity index (χ2n) is 12.8. The molecule has 40 heavy (non-hydrogen) atoms. The molecule has 2 aromatic carbocycles. The summed E-state index contributed by atoms with van der Waals surface area (Å²) in [6.45, 7) is 18.2. The third-order valence-electron chi connectivity index (χ3n) is 7.31. The van der Waals surface area contributed by atoms with Gasteiger partial charge < -0.3 is 0 Å². The average Bonchev–Trinajstić information content (AvgIpc) is 3.22. The van der Waals surface area contributed by atoms with Gasteiger partial charge in [-0.3, -0.25) is 0 Å². The van der Waals surface area contributed by atoms with Crippen molar-refractivity contribution in [2.24, 2.45) is 0 Å². The molecule has 0 bridgehead atoms. The van der Waals surface area contributed by atoms with Crippen LogP contribution in [0, 0.1) is 0 Å². The van der Waals surface area contributed by atoms with Crippen LogP contribution in [-0.2, 0) is 0 Å². The Kier molecular flexibility index (Phi) is 8.92. The predicted molar refractivity (Wildman–Crippen MR) is 167 cm³/mol. The average molecular weight is 673 g/mol. The fourth-order valence-electron chi connectivity index (χ4n) is 5.70. The van der Waals surface area contributed by atoms with Gasteiger partial charge in [-0.1, -0.05) is 0 Å². The number of carbonyl (C=O) groups excluding carboxylic acids is 2. The molecular formula is C32H42N4O2Se2. The molecule has 2 aromatic rings. The Balaban J connectivity index is 1.41. The van der Waals surface area contributed by atoms with Gasteiger partial charge in [0, 0.05) is 0 Å². The molecule has 0 saturated carbocycles. The van der Waals surface area contributed by atoms with Crippen molar-refractivity contribution in [1.29, 1.82) is 0 Å². The zero-order valence-corrected chi connectivity index (χ0v) is 28.2. The number of amides is 2. The molecule has 4 rings (SSSR count). The molecule has 0 spiro atoms. The van der Waals surface area contributed by atoms with Gasteiger partial charge in [0.05, 0.1) is 0 Å². The minimum atomic E-state index is -0.162. The van der Waals surface area contributed by atoms with Crippen molar-refractivity contribution >= 4 is 47.0 Å². The molecule has 8 heteroatoms. The van der Waals surface area contributed by atoms with Crippen LogP contribution in [-0.4, -0.2) is 73.3 Å². The number of hydrogen-bond donors (Lipinski definition) is 4. The Hall–Kier alpha value is -2.18. The summed E-state index contributed by atoms with van der Waals surface area (Å²) >= 11 is 0.0767. The summed E-state index contributed by atoms with van der Waals surface area (Å²) in [5.74, 6) is -0.102. The Bertz CT molecular complexity index is 1250. The topological polar surface area (TPSA) is 82.3 Å². The summed E-state index contributed by atoms with van der Waals surface area (Å²) in [6, 6.07) is 15.7. The van der Waals surface area contributed by atoms with Crippen LogP contribution in [0.1, 0.15) is 76.1 Å². The number of benzene rings is 2. The number of rotatable bonds is 9. The van der Waals surface area contributed by atoms with E-state index < -0.39 is 0 Å². The molecule has 2 heterocycles. The minimum absolute atomic E-state index is 0.0384. The summed E-state index contributed by atoms with van der Waals surface area (Å²) in [4.78, 5) is 26.5. The van der Waals surface area contributed by atoms with Gasteiger partial charge in [-0.2, -0.15) is 0 Å². The summed E-state index contributed by atoms with van der Waals surface area (Å²) in [7, 11) is 0. The van der Waals surface area contributed by atoms with Gasteiger partial charge in [0.15, 0.2) is 0 Å². The molecule has 0 aliphatic carbocycles. The van der Waals surface area contributed by atoms with Crippen molar-refractivity contribution in [3.05, 3.63) is 83.0 Å². The first-order valence-corrected chi connectivity index (χ1v) is 19.8. The molecule has 2 amide bonds. The monoisotopic (exact) mass is 674 g/mol. The molecule has 0 atom stereocenters. The first-order valence-electron chi connectivity index (χ1n) is 13.7. The van der Waals surface area contributed by atoms with Gasteiger partial charge in [-0.15, -0.1) is 0 Å². The van der Waals surface area contributed by atoms with Crippen LogP contribution in [0.25, 0.3) is 0 Å². The van der Waals surface area contributed by atoms with Gasteiger partial charge in [-0.25, -0.2) is 0 Å². The second kappa shape index (κ2) is 11.6. The van der Waals surface area contributed by atoms with Gasteiger partial charge in [0.1, 0.15) is 0 Å². The van der Waals surface area contributed by atoms with Gasteiger partial charge in [0.25, 0.3) is 0 Å².